The number of rotatable bonds is 7. The number of carbonyl (C=O) groups is 2. The zero-order chi connectivity index (χ0) is 24.7. The van der Waals surface area contributed by atoms with Gasteiger partial charge in [0.1, 0.15) is 11.4 Å². The molecule has 180 valence electrons. The number of aromatic hydroxyl groups is 1. The second kappa shape index (κ2) is 8.89. The number of carboxylic acids is 1. The van der Waals surface area contributed by atoms with E-state index < -0.39 is 17.9 Å². The normalized spacial score (nSPS) is 24.4. The highest BCUT2D eigenvalue weighted by Gasteiger charge is 2.62. The van der Waals surface area contributed by atoms with Crippen molar-refractivity contribution < 1.29 is 19.8 Å². The van der Waals surface area contributed by atoms with Gasteiger partial charge < -0.3 is 20.3 Å². The molecule has 2 N–H and O–H groups in total. The van der Waals surface area contributed by atoms with Gasteiger partial charge in [-0.2, -0.15) is 0 Å². The van der Waals surface area contributed by atoms with Gasteiger partial charge >= 0.3 is 0 Å². The van der Waals surface area contributed by atoms with E-state index in [1.807, 2.05) is 48.5 Å². The predicted octanol–water partition coefficient (Wildman–Crippen LogP) is 1.69. The number of aliphatic carboxylic acids is 1. The molecule has 2 aromatic rings. The van der Waals surface area contributed by atoms with E-state index in [0.717, 1.165) is 24.1 Å². The maximum Gasteiger partial charge on any atom is 0.247 e. The molecule has 1 fully saturated rings. The van der Waals surface area contributed by atoms with E-state index in [-0.39, 0.29) is 23.8 Å². The van der Waals surface area contributed by atoms with E-state index in [1.54, 1.807) is 13.0 Å². The van der Waals surface area contributed by atoms with Crippen molar-refractivity contribution in [2.24, 2.45) is 0 Å². The molecule has 2 aromatic carbocycles. The highest BCUT2D eigenvalue weighted by molar-refractivity contribution is 5.95. The first-order valence-corrected chi connectivity index (χ1v) is 11.7. The lowest BCUT2D eigenvalue weighted by atomic mass is 9.75. The SMILES string of the molecule is C/C(=C\C[C@@]12CCN(C)[C@@H]1[N+](C)(C)c1ccc(O)cc12)C(=O)N[C@@H](Cc1ccccc1)C(=O)[O-]. The number of phenols is 1. The summed E-state index contributed by atoms with van der Waals surface area (Å²) in [5, 5.41) is 24.5. The number of hydrogen-bond donors (Lipinski definition) is 2. The Morgan fingerprint density at radius 2 is 1.97 bits per heavy atom. The minimum Gasteiger partial charge on any atom is -0.548 e. The molecule has 1 amide bonds. The zero-order valence-electron chi connectivity index (χ0n) is 20.2. The van der Waals surface area contributed by atoms with E-state index in [9.17, 15) is 19.8 Å². The van der Waals surface area contributed by atoms with Gasteiger partial charge in [-0.1, -0.05) is 36.4 Å². The minimum absolute atomic E-state index is 0.164. The van der Waals surface area contributed by atoms with Gasteiger partial charge in [0.05, 0.1) is 31.5 Å². The lowest BCUT2D eigenvalue weighted by Crippen LogP contribution is -2.57. The Labute approximate surface area is 200 Å². The summed E-state index contributed by atoms with van der Waals surface area (Å²) in [4.78, 5) is 26.9. The number of benzene rings is 2. The monoisotopic (exact) mass is 463 g/mol. The van der Waals surface area contributed by atoms with Gasteiger partial charge in [-0.25, -0.2) is 0 Å². The van der Waals surface area contributed by atoms with Gasteiger partial charge in [-0.15, -0.1) is 0 Å². The Hall–Kier alpha value is -3.16. The summed E-state index contributed by atoms with van der Waals surface area (Å²) in [6, 6.07) is 13.7. The molecule has 0 radical (unpaired) electrons. The van der Waals surface area contributed by atoms with Crippen molar-refractivity contribution in [2.75, 3.05) is 27.7 Å². The molecule has 7 heteroatoms. The molecule has 34 heavy (non-hydrogen) atoms. The van der Waals surface area contributed by atoms with Crippen molar-refractivity contribution >= 4 is 17.6 Å². The van der Waals surface area contributed by atoms with E-state index >= 15 is 0 Å². The molecule has 0 aromatic heterocycles. The quantitative estimate of drug-likeness (QED) is 0.482. The number of hydrogen-bond acceptors (Lipinski definition) is 5. The van der Waals surface area contributed by atoms with E-state index in [1.165, 1.54) is 5.69 Å². The highest BCUT2D eigenvalue weighted by Crippen LogP contribution is 2.56. The zero-order valence-corrected chi connectivity index (χ0v) is 20.2. The summed E-state index contributed by atoms with van der Waals surface area (Å²) in [5.41, 5.74) is 3.33. The summed E-state index contributed by atoms with van der Waals surface area (Å²) < 4.78 is 0.676. The topological polar surface area (TPSA) is 92.7 Å². The smallest absolute Gasteiger partial charge is 0.247 e. The molecule has 7 nitrogen and oxygen atoms in total. The fraction of sp³-hybridized carbons (Fsp3) is 0.407. The Morgan fingerprint density at radius 1 is 1.26 bits per heavy atom. The number of likely N-dealkylation sites (tertiary alicyclic amines) is 1. The number of quaternary nitrogens is 1. The molecule has 0 bridgehead atoms. The van der Waals surface area contributed by atoms with Crippen LogP contribution in [0.2, 0.25) is 0 Å². The molecule has 0 saturated carbocycles. The van der Waals surface area contributed by atoms with E-state index in [0.29, 0.717) is 16.5 Å². The number of allylic oxidation sites excluding steroid dienone is 1. The third-order valence-corrected chi connectivity index (χ3v) is 7.57. The lowest BCUT2D eigenvalue weighted by Gasteiger charge is -2.38. The van der Waals surface area contributed by atoms with Gasteiger partial charge in [-0.3, -0.25) is 14.2 Å². The molecule has 4 rings (SSSR count). The Kier molecular flexibility index (Phi) is 6.27. The fourth-order valence-electron chi connectivity index (χ4n) is 6.05. The Bertz CT molecular complexity index is 1130. The average molecular weight is 464 g/mol. The second-order valence-electron chi connectivity index (χ2n) is 10.1. The molecule has 1 saturated heterocycles. The third kappa shape index (κ3) is 4.10. The molecule has 0 unspecified atom stereocenters. The summed E-state index contributed by atoms with van der Waals surface area (Å²) in [7, 11) is 6.48. The predicted molar refractivity (Wildman–Crippen MR) is 130 cm³/mol. The first-order valence-electron chi connectivity index (χ1n) is 11.7. The summed E-state index contributed by atoms with van der Waals surface area (Å²) in [6.45, 7) is 2.64. The van der Waals surface area contributed by atoms with Crippen LogP contribution >= 0.6 is 0 Å². The van der Waals surface area contributed by atoms with Gasteiger partial charge in [0.15, 0.2) is 6.17 Å². The fourth-order valence-corrected chi connectivity index (χ4v) is 6.05. The first kappa shape index (κ1) is 24.0. The number of carboxylic acid groups (broad SMARTS) is 1. The lowest BCUT2D eigenvalue weighted by molar-refractivity contribution is -0.308. The standard InChI is InChI=1S/C27H33N3O4/c1-18(24(32)28-22(25(33)34)16-19-8-6-5-7-9-19)12-13-27-14-15-29(2)26(27)30(3,4)23-11-10-20(31)17-21(23)27/h5-12,17,22,26H,13-16H2,1-4H3,(H2-,28,31,32,33,34)/b18-12+/t22-,26+,27-/m0/s1. The Balaban J connectivity index is 1.57. The van der Waals surface area contributed by atoms with Crippen molar-refractivity contribution in [3.63, 3.8) is 0 Å². The summed E-state index contributed by atoms with van der Waals surface area (Å²) in [6.07, 6.45) is 3.78. The number of phenolic OH excluding ortho intramolecular Hbond substituents is 1. The number of nitrogens with zero attached hydrogens (tertiary/aromatic N) is 2. The van der Waals surface area contributed by atoms with Crippen LogP contribution in [0, 0.1) is 0 Å². The van der Waals surface area contributed by atoms with Gasteiger partial charge in [0, 0.05) is 23.7 Å². The van der Waals surface area contributed by atoms with E-state index in [4.69, 9.17) is 0 Å². The van der Waals surface area contributed by atoms with Crippen LogP contribution in [0.15, 0.2) is 60.2 Å². The summed E-state index contributed by atoms with van der Waals surface area (Å²) in [5.74, 6) is -1.47. The van der Waals surface area contributed by atoms with Crippen LogP contribution < -0.4 is 14.9 Å². The number of fused-ring (bicyclic) bond motifs is 3. The molecule has 0 spiro atoms. The number of carbonyl (C=O) groups excluding carboxylic acids is 2. The molecule has 0 aliphatic carbocycles. The summed E-state index contributed by atoms with van der Waals surface area (Å²) >= 11 is 0. The minimum atomic E-state index is -1.31. The van der Waals surface area contributed by atoms with Crippen molar-refractivity contribution in [1.29, 1.82) is 0 Å². The maximum atomic E-state index is 12.9. The van der Waals surface area contributed by atoms with Crippen LogP contribution in [0.25, 0.3) is 0 Å². The highest BCUT2D eigenvalue weighted by atomic mass is 16.4. The molecule has 2 aliphatic heterocycles. The van der Waals surface area contributed by atoms with Crippen LogP contribution in [0.4, 0.5) is 5.69 Å². The number of likely N-dealkylation sites (N-methyl/N-ethyl adjacent to an activating group) is 2. The van der Waals surface area contributed by atoms with Crippen molar-refractivity contribution in [3.8, 4) is 5.75 Å². The molecule has 3 atom stereocenters. The molecular formula is C27H33N3O4. The molecule has 2 heterocycles. The molecular weight excluding hydrogens is 430 g/mol. The van der Waals surface area contributed by atoms with Crippen molar-refractivity contribution in [2.45, 2.75) is 43.8 Å². The third-order valence-electron chi connectivity index (χ3n) is 7.57. The van der Waals surface area contributed by atoms with Crippen LogP contribution in [-0.4, -0.2) is 61.8 Å². The van der Waals surface area contributed by atoms with Crippen LogP contribution in [-0.2, 0) is 21.4 Å². The molecule has 2 aliphatic rings. The Morgan fingerprint density at radius 3 is 2.65 bits per heavy atom. The van der Waals surface area contributed by atoms with Crippen molar-refractivity contribution in [1.82, 2.24) is 14.7 Å². The van der Waals surface area contributed by atoms with Crippen LogP contribution in [0.1, 0.15) is 30.9 Å². The number of amides is 1. The first-order chi connectivity index (χ1) is 16.1. The van der Waals surface area contributed by atoms with Crippen LogP contribution in [0.5, 0.6) is 5.75 Å². The van der Waals surface area contributed by atoms with E-state index in [2.05, 4.69) is 31.4 Å². The number of nitrogens with one attached hydrogen (secondary N) is 1. The van der Waals surface area contributed by atoms with Gasteiger partial charge in [-0.05, 0) is 50.9 Å². The second-order valence-corrected chi connectivity index (χ2v) is 10.1. The van der Waals surface area contributed by atoms with Crippen LogP contribution in [0.3, 0.4) is 0 Å². The van der Waals surface area contributed by atoms with Crippen molar-refractivity contribution in [3.05, 3.63) is 71.3 Å². The van der Waals surface area contributed by atoms with Gasteiger partial charge in [0.25, 0.3) is 0 Å². The average Bonchev–Trinajstić information content (AvgIpc) is 3.23. The maximum absolute atomic E-state index is 12.9. The van der Waals surface area contributed by atoms with Gasteiger partial charge in [0.2, 0.25) is 5.91 Å². The largest absolute Gasteiger partial charge is 0.548 e.